The number of aliphatic imine (C=N–C) groups is 1. The highest BCUT2D eigenvalue weighted by molar-refractivity contribution is 14.0. The van der Waals surface area contributed by atoms with Crippen LogP contribution in [0.1, 0.15) is 31.2 Å². The zero-order chi connectivity index (χ0) is 18.5. The van der Waals surface area contributed by atoms with Gasteiger partial charge in [-0.3, -0.25) is 4.99 Å². The normalized spacial score (nSPS) is 18.0. The van der Waals surface area contributed by atoms with Crippen molar-refractivity contribution in [1.82, 2.24) is 10.6 Å². The molecule has 1 aromatic rings. The molecule has 0 saturated carbocycles. The molecular formula is C20H34IN3O3. The third-order valence-corrected chi connectivity index (χ3v) is 4.44. The zero-order valence-electron chi connectivity index (χ0n) is 16.2. The Bertz CT molecular complexity index is 510. The van der Waals surface area contributed by atoms with Crippen LogP contribution in [-0.2, 0) is 9.47 Å². The summed E-state index contributed by atoms with van der Waals surface area (Å²) in [6.07, 6.45) is 2.04. The zero-order valence-corrected chi connectivity index (χ0v) is 18.6. The maximum Gasteiger partial charge on any atom is 0.191 e. The second-order valence-electron chi connectivity index (χ2n) is 6.59. The van der Waals surface area contributed by atoms with Gasteiger partial charge in [0.1, 0.15) is 0 Å². The predicted molar refractivity (Wildman–Crippen MR) is 120 cm³/mol. The molecular weight excluding hydrogens is 457 g/mol. The minimum absolute atomic E-state index is 0. The van der Waals surface area contributed by atoms with Crippen LogP contribution in [0.15, 0.2) is 35.3 Å². The Morgan fingerprint density at radius 1 is 1.33 bits per heavy atom. The van der Waals surface area contributed by atoms with Crippen LogP contribution < -0.4 is 10.6 Å². The molecule has 0 aromatic heterocycles. The summed E-state index contributed by atoms with van der Waals surface area (Å²) in [7, 11) is 0. The molecule has 2 atom stereocenters. The molecule has 0 bridgehead atoms. The van der Waals surface area contributed by atoms with Crippen LogP contribution in [0.3, 0.4) is 0 Å². The summed E-state index contributed by atoms with van der Waals surface area (Å²) in [6, 6.07) is 10.0. The minimum atomic E-state index is 0. The van der Waals surface area contributed by atoms with Gasteiger partial charge in [0.2, 0.25) is 0 Å². The van der Waals surface area contributed by atoms with Crippen molar-refractivity contribution in [3.63, 3.8) is 0 Å². The maximum atomic E-state index is 9.65. The molecule has 27 heavy (non-hydrogen) atoms. The van der Waals surface area contributed by atoms with Gasteiger partial charge >= 0.3 is 0 Å². The molecule has 0 amide bonds. The van der Waals surface area contributed by atoms with Gasteiger partial charge in [-0.25, -0.2) is 0 Å². The second kappa shape index (κ2) is 15.1. The highest BCUT2D eigenvalue weighted by Gasteiger charge is 2.15. The average Bonchev–Trinajstić information content (AvgIpc) is 3.19. The first-order chi connectivity index (χ1) is 12.8. The summed E-state index contributed by atoms with van der Waals surface area (Å²) in [5.41, 5.74) is 1.11. The number of nitrogens with one attached hydrogen (secondary N) is 2. The van der Waals surface area contributed by atoms with E-state index in [1.807, 2.05) is 37.3 Å². The van der Waals surface area contributed by atoms with E-state index in [9.17, 15) is 5.11 Å². The lowest BCUT2D eigenvalue weighted by Crippen LogP contribution is -2.38. The van der Waals surface area contributed by atoms with E-state index in [2.05, 4.69) is 15.6 Å². The van der Waals surface area contributed by atoms with Crippen LogP contribution in [-0.4, -0.2) is 63.7 Å². The number of halogens is 1. The van der Waals surface area contributed by atoms with Gasteiger partial charge in [-0.15, -0.1) is 24.0 Å². The number of rotatable bonds is 11. The van der Waals surface area contributed by atoms with Gasteiger partial charge in [0, 0.05) is 38.1 Å². The standard InChI is InChI=1S/C20H33N3O3.HI/c1-2-21-20(22-10-6-11-25-15-17-9-12-26-16-17)23-13-19(14-24)18-7-4-3-5-8-18;/h3-5,7-8,17,19,24H,2,6,9-16H2,1H3,(H2,21,22,23);1H. The summed E-state index contributed by atoms with van der Waals surface area (Å²) in [5.74, 6) is 1.37. The van der Waals surface area contributed by atoms with Gasteiger partial charge in [0.15, 0.2) is 5.96 Å². The molecule has 0 radical (unpaired) electrons. The molecule has 1 aliphatic rings. The Morgan fingerprint density at radius 3 is 2.81 bits per heavy atom. The maximum absolute atomic E-state index is 9.65. The van der Waals surface area contributed by atoms with Crippen LogP contribution in [0.4, 0.5) is 0 Å². The van der Waals surface area contributed by atoms with E-state index >= 15 is 0 Å². The Kier molecular flexibility index (Phi) is 13.5. The number of hydrogen-bond donors (Lipinski definition) is 3. The fourth-order valence-corrected chi connectivity index (χ4v) is 2.88. The number of benzene rings is 1. The monoisotopic (exact) mass is 491 g/mol. The first kappa shape index (κ1) is 24.1. The summed E-state index contributed by atoms with van der Waals surface area (Å²) in [6.45, 7) is 7.54. The van der Waals surface area contributed by atoms with E-state index in [0.717, 1.165) is 63.9 Å². The Balaban J connectivity index is 0.00000364. The summed E-state index contributed by atoms with van der Waals surface area (Å²) in [4.78, 5) is 4.62. The van der Waals surface area contributed by atoms with Crippen molar-refractivity contribution in [3.8, 4) is 0 Å². The van der Waals surface area contributed by atoms with Gasteiger partial charge in [-0.1, -0.05) is 30.3 Å². The molecule has 2 unspecified atom stereocenters. The molecule has 2 rings (SSSR count). The van der Waals surface area contributed by atoms with Crippen LogP contribution in [0, 0.1) is 5.92 Å². The number of aliphatic hydroxyl groups excluding tert-OH is 1. The summed E-state index contributed by atoms with van der Waals surface area (Å²) >= 11 is 0. The molecule has 0 spiro atoms. The third-order valence-electron chi connectivity index (χ3n) is 4.44. The fourth-order valence-electron chi connectivity index (χ4n) is 2.88. The number of hydrogen-bond acceptors (Lipinski definition) is 4. The third kappa shape index (κ3) is 9.73. The van der Waals surface area contributed by atoms with Crippen molar-refractivity contribution in [3.05, 3.63) is 35.9 Å². The van der Waals surface area contributed by atoms with Crippen molar-refractivity contribution < 1.29 is 14.6 Å². The lowest BCUT2D eigenvalue weighted by molar-refractivity contribution is 0.0888. The highest BCUT2D eigenvalue weighted by Crippen LogP contribution is 2.15. The number of aliphatic hydroxyl groups is 1. The SMILES string of the molecule is CCNC(=NCC(CO)c1ccccc1)NCCCOCC1CCOC1.I. The predicted octanol–water partition coefficient (Wildman–Crippen LogP) is 2.38. The van der Waals surface area contributed by atoms with Crippen molar-refractivity contribution in [2.24, 2.45) is 10.9 Å². The van der Waals surface area contributed by atoms with E-state index in [0.29, 0.717) is 12.5 Å². The van der Waals surface area contributed by atoms with E-state index in [-0.39, 0.29) is 36.5 Å². The van der Waals surface area contributed by atoms with Gasteiger partial charge in [-0.05, 0) is 25.3 Å². The van der Waals surface area contributed by atoms with Crippen molar-refractivity contribution in [2.75, 3.05) is 52.7 Å². The largest absolute Gasteiger partial charge is 0.396 e. The first-order valence-corrected chi connectivity index (χ1v) is 9.67. The van der Waals surface area contributed by atoms with Gasteiger partial charge in [0.25, 0.3) is 0 Å². The van der Waals surface area contributed by atoms with Gasteiger partial charge in [0.05, 0.1) is 26.4 Å². The Morgan fingerprint density at radius 2 is 2.15 bits per heavy atom. The molecule has 1 aliphatic heterocycles. The molecule has 154 valence electrons. The lowest BCUT2D eigenvalue weighted by Gasteiger charge is -2.15. The molecule has 1 heterocycles. The minimum Gasteiger partial charge on any atom is -0.396 e. The smallest absolute Gasteiger partial charge is 0.191 e. The van der Waals surface area contributed by atoms with E-state index in [1.165, 1.54) is 0 Å². The number of guanidine groups is 1. The average molecular weight is 491 g/mol. The fraction of sp³-hybridized carbons (Fsp3) is 0.650. The van der Waals surface area contributed by atoms with Crippen LogP contribution in [0.2, 0.25) is 0 Å². The summed E-state index contributed by atoms with van der Waals surface area (Å²) < 4.78 is 11.1. The quantitative estimate of drug-likeness (QED) is 0.192. The molecule has 6 nitrogen and oxygen atoms in total. The highest BCUT2D eigenvalue weighted by atomic mass is 127. The molecule has 0 aliphatic carbocycles. The molecule has 1 fully saturated rings. The lowest BCUT2D eigenvalue weighted by atomic mass is 10.0. The number of nitrogens with zero attached hydrogens (tertiary/aromatic N) is 1. The summed E-state index contributed by atoms with van der Waals surface area (Å²) in [5, 5.41) is 16.2. The van der Waals surface area contributed by atoms with Crippen molar-refractivity contribution in [2.45, 2.75) is 25.7 Å². The molecule has 3 N–H and O–H groups in total. The van der Waals surface area contributed by atoms with Gasteiger partial charge < -0.3 is 25.2 Å². The van der Waals surface area contributed by atoms with E-state index in [1.54, 1.807) is 0 Å². The first-order valence-electron chi connectivity index (χ1n) is 9.67. The van der Waals surface area contributed by atoms with Crippen molar-refractivity contribution >= 4 is 29.9 Å². The Hall–Kier alpha value is -0.900. The van der Waals surface area contributed by atoms with Crippen LogP contribution >= 0.6 is 24.0 Å². The topological polar surface area (TPSA) is 75.1 Å². The van der Waals surface area contributed by atoms with Crippen molar-refractivity contribution in [1.29, 1.82) is 0 Å². The van der Waals surface area contributed by atoms with Gasteiger partial charge in [-0.2, -0.15) is 0 Å². The molecule has 1 aromatic carbocycles. The van der Waals surface area contributed by atoms with E-state index in [4.69, 9.17) is 9.47 Å². The second-order valence-corrected chi connectivity index (χ2v) is 6.59. The Labute approximate surface area is 180 Å². The van der Waals surface area contributed by atoms with E-state index < -0.39 is 0 Å². The number of ether oxygens (including phenoxy) is 2. The molecule has 7 heteroatoms. The molecule has 1 saturated heterocycles. The van der Waals surface area contributed by atoms with Crippen LogP contribution in [0.25, 0.3) is 0 Å². The van der Waals surface area contributed by atoms with Crippen LogP contribution in [0.5, 0.6) is 0 Å².